The van der Waals surface area contributed by atoms with Crippen LogP contribution in [0.2, 0.25) is 5.02 Å². The largest absolute Gasteiger partial charge is 0.480 e. The Balaban J connectivity index is 1.71. The van der Waals surface area contributed by atoms with E-state index in [9.17, 15) is 8.42 Å². The summed E-state index contributed by atoms with van der Waals surface area (Å²) in [6, 6.07) is 2.47. The zero-order valence-corrected chi connectivity index (χ0v) is 18.2. The lowest BCUT2D eigenvalue weighted by atomic mass is 10.2. The number of hydrogen-bond acceptors (Lipinski definition) is 7. The van der Waals surface area contributed by atoms with Crippen LogP contribution in [0.15, 0.2) is 48.0 Å². The predicted molar refractivity (Wildman–Crippen MR) is 115 cm³/mol. The van der Waals surface area contributed by atoms with Gasteiger partial charge >= 0.3 is 0 Å². The van der Waals surface area contributed by atoms with Crippen LogP contribution in [0.25, 0.3) is 10.9 Å². The van der Waals surface area contributed by atoms with Crippen molar-refractivity contribution in [2.45, 2.75) is 4.90 Å². The number of anilines is 1. The summed E-state index contributed by atoms with van der Waals surface area (Å²) in [6.45, 7) is 0. The minimum absolute atomic E-state index is 0.0620. The van der Waals surface area contributed by atoms with Gasteiger partial charge in [0.25, 0.3) is 10.0 Å². The van der Waals surface area contributed by atoms with E-state index in [0.29, 0.717) is 5.56 Å². The number of hydrogen-bond donors (Lipinski definition) is 1. The zero-order valence-electron chi connectivity index (χ0n) is 16.7. The second-order valence-electron chi connectivity index (χ2n) is 6.43. The number of pyridine rings is 3. The predicted octanol–water partition coefficient (Wildman–Crippen LogP) is 2.76. The normalized spacial score (nSPS) is 11.1. The summed E-state index contributed by atoms with van der Waals surface area (Å²) in [4.78, 5) is 11.3. The SMILES string of the molecule is COc1ncc(Cl)cc1S(=O)(=O)Nc1nccc(C#Cc2cncc3cnn(C)c23)c1F. The van der Waals surface area contributed by atoms with Gasteiger partial charge in [0.15, 0.2) is 16.5 Å². The van der Waals surface area contributed by atoms with Gasteiger partial charge in [0.05, 0.1) is 35.0 Å². The van der Waals surface area contributed by atoms with Crippen molar-refractivity contribution in [2.75, 3.05) is 11.8 Å². The average Bonchev–Trinajstić information content (AvgIpc) is 3.16. The molecule has 12 heteroatoms. The van der Waals surface area contributed by atoms with Crippen LogP contribution >= 0.6 is 11.6 Å². The highest BCUT2D eigenvalue weighted by molar-refractivity contribution is 7.92. The molecule has 0 saturated heterocycles. The minimum atomic E-state index is -4.31. The van der Waals surface area contributed by atoms with Crippen molar-refractivity contribution in [3.63, 3.8) is 0 Å². The van der Waals surface area contributed by atoms with E-state index in [1.165, 1.54) is 31.8 Å². The van der Waals surface area contributed by atoms with Gasteiger partial charge in [-0.25, -0.2) is 22.8 Å². The highest BCUT2D eigenvalue weighted by Gasteiger charge is 2.24. The van der Waals surface area contributed by atoms with E-state index in [4.69, 9.17) is 16.3 Å². The molecule has 0 atom stereocenters. The van der Waals surface area contributed by atoms with Crippen LogP contribution in [-0.4, -0.2) is 40.3 Å². The Morgan fingerprint density at radius 2 is 1.94 bits per heavy atom. The molecule has 32 heavy (non-hydrogen) atoms. The van der Waals surface area contributed by atoms with Crippen LogP contribution in [0.3, 0.4) is 0 Å². The summed E-state index contributed by atoms with van der Waals surface area (Å²) in [6.07, 6.45) is 7.30. The Morgan fingerprint density at radius 3 is 2.72 bits per heavy atom. The van der Waals surface area contributed by atoms with Gasteiger partial charge in [0, 0.05) is 37.2 Å². The second-order valence-corrected chi connectivity index (χ2v) is 8.52. The van der Waals surface area contributed by atoms with E-state index in [-0.39, 0.29) is 21.4 Å². The quantitative estimate of drug-likeness (QED) is 0.454. The summed E-state index contributed by atoms with van der Waals surface area (Å²) in [5, 5.41) is 5.01. The van der Waals surface area contributed by atoms with Crippen LogP contribution in [0, 0.1) is 17.7 Å². The molecule has 162 valence electrons. The lowest BCUT2D eigenvalue weighted by Gasteiger charge is -2.11. The maximum atomic E-state index is 15.0. The Hall–Kier alpha value is -3.75. The van der Waals surface area contributed by atoms with Crippen molar-refractivity contribution in [3.8, 4) is 17.7 Å². The van der Waals surface area contributed by atoms with Crippen LogP contribution < -0.4 is 9.46 Å². The topological polar surface area (TPSA) is 112 Å². The van der Waals surface area contributed by atoms with Gasteiger partial charge in [0.1, 0.15) is 0 Å². The number of halogens is 2. The van der Waals surface area contributed by atoms with E-state index < -0.39 is 21.7 Å². The fraction of sp³-hybridized carbons (Fsp3) is 0.100. The molecule has 1 N–H and O–H groups in total. The molecule has 0 fully saturated rings. The Kier molecular flexibility index (Phi) is 5.65. The first-order valence-electron chi connectivity index (χ1n) is 8.95. The summed E-state index contributed by atoms with van der Waals surface area (Å²) < 4.78 is 49.3. The number of sulfonamides is 1. The second kappa shape index (κ2) is 8.41. The lowest BCUT2D eigenvalue weighted by Crippen LogP contribution is -2.17. The van der Waals surface area contributed by atoms with E-state index in [1.807, 2.05) is 0 Å². The molecule has 0 saturated carbocycles. The molecule has 4 aromatic rings. The van der Waals surface area contributed by atoms with Crippen LogP contribution in [-0.2, 0) is 17.1 Å². The molecule has 4 heterocycles. The molecule has 0 aliphatic heterocycles. The number of rotatable bonds is 4. The number of methoxy groups -OCH3 is 1. The number of fused-ring (bicyclic) bond motifs is 1. The van der Waals surface area contributed by atoms with Crippen molar-refractivity contribution >= 4 is 38.3 Å². The molecular weight excluding hydrogens is 459 g/mol. The monoisotopic (exact) mass is 472 g/mol. The van der Waals surface area contributed by atoms with Gasteiger partial charge in [-0.15, -0.1) is 0 Å². The number of ether oxygens (including phenoxy) is 1. The fourth-order valence-corrected chi connectivity index (χ4v) is 4.28. The minimum Gasteiger partial charge on any atom is -0.480 e. The fourth-order valence-electron chi connectivity index (χ4n) is 2.91. The summed E-state index contributed by atoms with van der Waals surface area (Å²) in [5.41, 5.74) is 1.21. The molecule has 0 bridgehead atoms. The smallest absolute Gasteiger partial charge is 0.268 e. The summed E-state index contributed by atoms with van der Waals surface area (Å²) in [5.74, 6) is 3.88. The van der Waals surface area contributed by atoms with Crippen LogP contribution in [0.4, 0.5) is 10.2 Å². The zero-order chi connectivity index (χ0) is 22.9. The van der Waals surface area contributed by atoms with Gasteiger partial charge < -0.3 is 4.74 Å². The maximum Gasteiger partial charge on any atom is 0.268 e. The van der Waals surface area contributed by atoms with E-state index in [2.05, 4.69) is 36.6 Å². The highest BCUT2D eigenvalue weighted by Crippen LogP contribution is 2.27. The molecule has 0 unspecified atom stereocenters. The lowest BCUT2D eigenvalue weighted by molar-refractivity contribution is 0.385. The Labute approximate surface area is 187 Å². The number of nitrogens with one attached hydrogen (secondary N) is 1. The van der Waals surface area contributed by atoms with Crippen molar-refractivity contribution in [1.82, 2.24) is 24.7 Å². The number of aryl methyl sites for hydroxylation is 1. The number of aromatic nitrogens is 5. The molecule has 0 aliphatic carbocycles. The van der Waals surface area contributed by atoms with E-state index in [1.54, 1.807) is 24.1 Å². The van der Waals surface area contributed by atoms with Gasteiger partial charge in [-0.1, -0.05) is 23.4 Å². The standard InChI is InChI=1S/C20H14ClFN6O3S/c1-28-18-13(8-23-9-14(18)10-26-28)4-3-12-5-6-24-19(17(12)22)27-32(29,30)16-7-15(21)11-25-20(16)31-2/h5-11H,1-2H3,(H,24,27). The molecule has 0 aromatic carbocycles. The molecular formula is C20H14ClFN6O3S. The molecule has 0 spiro atoms. The molecule has 0 aliphatic rings. The third-order valence-corrected chi connectivity index (χ3v) is 5.90. The highest BCUT2D eigenvalue weighted by atomic mass is 35.5. The van der Waals surface area contributed by atoms with Crippen LogP contribution in [0.5, 0.6) is 5.88 Å². The molecule has 0 amide bonds. The number of nitrogens with zero attached hydrogens (tertiary/aromatic N) is 5. The van der Waals surface area contributed by atoms with Crippen molar-refractivity contribution in [2.24, 2.45) is 7.05 Å². The van der Waals surface area contributed by atoms with Crippen LogP contribution in [0.1, 0.15) is 11.1 Å². The first-order valence-corrected chi connectivity index (χ1v) is 10.8. The maximum absolute atomic E-state index is 15.0. The van der Waals surface area contributed by atoms with E-state index >= 15 is 4.39 Å². The molecule has 9 nitrogen and oxygen atoms in total. The van der Waals surface area contributed by atoms with Gasteiger partial charge in [-0.3, -0.25) is 14.4 Å². The first kappa shape index (κ1) is 21.5. The molecule has 0 radical (unpaired) electrons. The van der Waals surface area contributed by atoms with Gasteiger partial charge in [-0.05, 0) is 12.1 Å². The molecule has 4 aromatic heterocycles. The Morgan fingerprint density at radius 1 is 1.16 bits per heavy atom. The van der Waals surface area contributed by atoms with Crippen molar-refractivity contribution < 1.29 is 17.5 Å². The van der Waals surface area contributed by atoms with E-state index in [0.717, 1.165) is 17.0 Å². The van der Waals surface area contributed by atoms with Crippen molar-refractivity contribution in [3.05, 3.63) is 65.1 Å². The summed E-state index contributed by atoms with van der Waals surface area (Å²) >= 11 is 5.85. The average molecular weight is 473 g/mol. The summed E-state index contributed by atoms with van der Waals surface area (Å²) in [7, 11) is -1.30. The Bertz CT molecular complexity index is 1510. The first-order chi connectivity index (χ1) is 15.3. The van der Waals surface area contributed by atoms with Gasteiger partial charge in [0.2, 0.25) is 5.88 Å². The molecule has 4 rings (SSSR count). The third kappa shape index (κ3) is 4.05. The van der Waals surface area contributed by atoms with Crippen molar-refractivity contribution in [1.29, 1.82) is 0 Å². The van der Waals surface area contributed by atoms with Gasteiger partial charge in [-0.2, -0.15) is 5.10 Å². The third-order valence-electron chi connectivity index (χ3n) is 4.36.